The van der Waals surface area contributed by atoms with E-state index < -0.39 is 11.4 Å². The molecule has 0 aromatic heterocycles. The number of carboxylic acids is 1. The molecule has 1 N–H and O–H groups in total. The molecule has 5 nitrogen and oxygen atoms in total. The smallest absolute Gasteiger partial charge is 0.313 e. The average Bonchev–Trinajstić information content (AvgIpc) is 2.82. The van der Waals surface area contributed by atoms with Crippen LogP contribution in [-0.2, 0) is 14.3 Å². The Morgan fingerprint density at radius 2 is 2.22 bits per heavy atom. The van der Waals surface area contributed by atoms with E-state index in [4.69, 9.17) is 9.47 Å². The monoisotopic (exact) mass is 257 g/mol. The Bertz CT molecular complexity index is 281. The van der Waals surface area contributed by atoms with Crippen LogP contribution in [0.1, 0.15) is 19.3 Å². The van der Waals surface area contributed by atoms with Crippen LogP contribution in [-0.4, -0.2) is 62.5 Å². The maximum Gasteiger partial charge on any atom is 0.313 e. The number of nitrogens with zero attached hydrogens (tertiary/aromatic N) is 1. The third kappa shape index (κ3) is 3.02. The maximum atomic E-state index is 11.4. The van der Waals surface area contributed by atoms with Gasteiger partial charge in [0.2, 0.25) is 0 Å². The highest BCUT2D eigenvalue weighted by Crippen LogP contribution is 2.31. The third-order valence-corrected chi connectivity index (χ3v) is 4.19. The lowest BCUT2D eigenvalue weighted by Crippen LogP contribution is -2.46. The molecule has 2 fully saturated rings. The fourth-order valence-electron chi connectivity index (χ4n) is 2.94. The molecule has 2 saturated heterocycles. The van der Waals surface area contributed by atoms with Crippen LogP contribution in [0.2, 0.25) is 0 Å². The van der Waals surface area contributed by atoms with Crippen molar-refractivity contribution < 1.29 is 19.4 Å². The van der Waals surface area contributed by atoms with E-state index in [9.17, 15) is 9.90 Å². The van der Waals surface area contributed by atoms with Crippen LogP contribution in [0.5, 0.6) is 0 Å². The van der Waals surface area contributed by atoms with E-state index in [-0.39, 0.29) is 0 Å². The number of piperidine rings is 1. The first-order chi connectivity index (χ1) is 8.66. The van der Waals surface area contributed by atoms with Gasteiger partial charge in [-0.15, -0.1) is 0 Å². The molecule has 2 rings (SSSR count). The number of carbonyl (C=O) groups is 1. The molecule has 0 radical (unpaired) electrons. The lowest BCUT2D eigenvalue weighted by Gasteiger charge is -2.36. The predicted molar refractivity (Wildman–Crippen MR) is 66.5 cm³/mol. The summed E-state index contributed by atoms with van der Waals surface area (Å²) in [6.45, 7) is 4.34. The topological polar surface area (TPSA) is 59.0 Å². The van der Waals surface area contributed by atoms with Gasteiger partial charge in [0.25, 0.3) is 0 Å². The highest BCUT2D eigenvalue weighted by Gasteiger charge is 2.44. The van der Waals surface area contributed by atoms with Crippen molar-refractivity contribution in [2.24, 2.45) is 11.3 Å². The molecule has 0 saturated carbocycles. The van der Waals surface area contributed by atoms with Crippen LogP contribution >= 0.6 is 0 Å². The van der Waals surface area contributed by atoms with Gasteiger partial charge in [0.15, 0.2) is 0 Å². The molecule has 5 heteroatoms. The van der Waals surface area contributed by atoms with E-state index in [2.05, 4.69) is 4.90 Å². The van der Waals surface area contributed by atoms with Gasteiger partial charge in [0, 0.05) is 26.9 Å². The summed E-state index contributed by atoms with van der Waals surface area (Å²) in [7, 11) is 1.74. The van der Waals surface area contributed by atoms with Crippen LogP contribution in [0.25, 0.3) is 0 Å². The Morgan fingerprint density at radius 1 is 1.50 bits per heavy atom. The number of rotatable bonds is 5. The second-order valence-electron chi connectivity index (χ2n) is 5.56. The van der Waals surface area contributed by atoms with Gasteiger partial charge in [0.05, 0.1) is 6.61 Å². The molecule has 2 aliphatic heterocycles. The Balaban J connectivity index is 1.85. The van der Waals surface area contributed by atoms with Crippen molar-refractivity contribution in [1.29, 1.82) is 0 Å². The van der Waals surface area contributed by atoms with Crippen molar-refractivity contribution in [2.75, 3.05) is 46.6 Å². The molecule has 0 aromatic rings. The SMILES string of the molecule is COCC1CCN(CC2(C(=O)O)CCOC2)CC1. The quantitative estimate of drug-likeness (QED) is 0.790. The van der Waals surface area contributed by atoms with Crippen LogP contribution in [0.4, 0.5) is 0 Å². The van der Waals surface area contributed by atoms with E-state index in [0.717, 1.165) is 32.5 Å². The summed E-state index contributed by atoms with van der Waals surface area (Å²) in [5, 5.41) is 9.40. The molecule has 1 unspecified atom stereocenters. The molecular weight excluding hydrogens is 234 g/mol. The maximum absolute atomic E-state index is 11.4. The summed E-state index contributed by atoms with van der Waals surface area (Å²) >= 11 is 0. The van der Waals surface area contributed by atoms with Crippen molar-refractivity contribution in [3.63, 3.8) is 0 Å². The van der Waals surface area contributed by atoms with Crippen molar-refractivity contribution >= 4 is 5.97 Å². The van der Waals surface area contributed by atoms with Crippen molar-refractivity contribution in [3.05, 3.63) is 0 Å². The number of carboxylic acid groups (broad SMARTS) is 1. The fourth-order valence-corrected chi connectivity index (χ4v) is 2.94. The predicted octanol–water partition coefficient (Wildman–Crippen LogP) is 0.836. The van der Waals surface area contributed by atoms with E-state index in [1.807, 2.05) is 0 Å². The average molecular weight is 257 g/mol. The normalized spacial score (nSPS) is 30.7. The third-order valence-electron chi connectivity index (χ3n) is 4.19. The summed E-state index contributed by atoms with van der Waals surface area (Å²) in [6, 6.07) is 0. The molecule has 2 aliphatic rings. The van der Waals surface area contributed by atoms with Crippen LogP contribution in [0.15, 0.2) is 0 Å². The lowest BCUT2D eigenvalue weighted by molar-refractivity contribution is -0.150. The van der Waals surface area contributed by atoms with Gasteiger partial charge in [-0.2, -0.15) is 0 Å². The van der Waals surface area contributed by atoms with Crippen molar-refractivity contribution in [3.8, 4) is 0 Å². The zero-order valence-corrected chi connectivity index (χ0v) is 11.1. The Kier molecular flexibility index (Phi) is 4.59. The van der Waals surface area contributed by atoms with Crippen LogP contribution < -0.4 is 0 Å². The van der Waals surface area contributed by atoms with Gasteiger partial charge < -0.3 is 19.5 Å². The minimum Gasteiger partial charge on any atom is -0.481 e. The molecule has 2 heterocycles. The largest absolute Gasteiger partial charge is 0.481 e. The fraction of sp³-hybridized carbons (Fsp3) is 0.923. The van der Waals surface area contributed by atoms with Crippen LogP contribution in [0.3, 0.4) is 0 Å². The Hall–Kier alpha value is -0.650. The summed E-state index contributed by atoms with van der Waals surface area (Å²) in [5.74, 6) is -0.0779. The summed E-state index contributed by atoms with van der Waals surface area (Å²) in [6.07, 6.45) is 2.84. The number of hydrogen-bond donors (Lipinski definition) is 1. The first-order valence-corrected chi connectivity index (χ1v) is 6.69. The second kappa shape index (κ2) is 5.99. The van der Waals surface area contributed by atoms with Gasteiger partial charge in [-0.1, -0.05) is 0 Å². The molecule has 1 atom stereocenters. The van der Waals surface area contributed by atoms with Crippen molar-refractivity contribution in [2.45, 2.75) is 19.3 Å². The number of aliphatic carboxylic acids is 1. The number of methoxy groups -OCH3 is 1. The Morgan fingerprint density at radius 3 is 2.72 bits per heavy atom. The van der Waals surface area contributed by atoms with E-state index >= 15 is 0 Å². The van der Waals surface area contributed by atoms with Gasteiger partial charge in [-0.05, 0) is 38.3 Å². The molecule has 0 amide bonds. The molecule has 0 aromatic carbocycles. The minimum absolute atomic E-state index is 0.361. The molecule has 18 heavy (non-hydrogen) atoms. The van der Waals surface area contributed by atoms with E-state index in [0.29, 0.717) is 32.1 Å². The lowest BCUT2D eigenvalue weighted by atomic mass is 9.85. The number of likely N-dealkylation sites (tertiary alicyclic amines) is 1. The zero-order chi connectivity index (χ0) is 13.0. The molecule has 0 spiro atoms. The first-order valence-electron chi connectivity index (χ1n) is 6.69. The second-order valence-corrected chi connectivity index (χ2v) is 5.56. The summed E-state index contributed by atoms with van der Waals surface area (Å²) < 4.78 is 10.5. The van der Waals surface area contributed by atoms with Crippen molar-refractivity contribution in [1.82, 2.24) is 4.90 Å². The Labute approximate surface area is 108 Å². The summed E-state index contributed by atoms with van der Waals surface area (Å²) in [5.41, 5.74) is -0.673. The summed E-state index contributed by atoms with van der Waals surface area (Å²) in [4.78, 5) is 13.7. The zero-order valence-electron chi connectivity index (χ0n) is 11.1. The van der Waals surface area contributed by atoms with Gasteiger partial charge in [-0.3, -0.25) is 4.79 Å². The van der Waals surface area contributed by atoms with E-state index in [1.54, 1.807) is 7.11 Å². The molecular formula is C13H23NO4. The first kappa shape index (κ1) is 13.8. The van der Waals surface area contributed by atoms with Gasteiger partial charge >= 0.3 is 5.97 Å². The number of ether oxygens (including phenoxy) is 2. The number of hydrogen-bond acceptors (Lipinski definition) is 4. The minimum atomic E-state index is -0.709. The van der Waals surface area contributed by atoms with E-state index in [1.165, 1.54) is 0 Å². The van der Waals surface area contributed by atoms with Gasteiger partial charge in [0.1, 0.15) is 5.41 Å². The standard InChI is InChI=1S/C13H23NO4/c1-17-8-11-2-5-14(6-3-11)9-13(12(15)16)4-7-18-10-13/h11H,2-10H2,1H3,(H,15,16). The van der Waals surface area contributed by atoms with Crippen LogP contribution in [0, 0.1) is 11.3 Å². The molecule has 104 valence electrons. The molecule has 0 bridgehead atoms. The highest BCUT2D eigenvalue weighted by atomic mass is 16.5. The molecule has 0 aliphatic carbocycles. The highest BCUT2D eigenvalue weighted by molar-refractivity contribution is 5.75. The van der Waals surface area contributed by atoms with Gasteiger partial charge in [-0.25, -0.2) is 0 Å².